The third kappa shape index (κ3) is 3.17. The average Bonchev–Trinajstić information content (AvgIpc) is 2.92. The molecule has 0 saturated carbocycles. The third-order valence-electron chi connectivity index (χ3n) is 2.97. The minimum Gasteiger partial charge on any atom is -0.508 e. The molecule has 2 N–H and O–H groups in total. The predicted molar refractivity (Wildman–Crippen MR) is 87.1 cm³/mol. The van der Waals surface area contributed by atoms with Gasteiger partial charge in [-0.2, -0.15) is 5.10 Å². The number of halogens is 1. The predicted octanol–water partition coefficient (Wildman–Crippen LogP) is 3.66. The number of carbonyl (C=O) groups is 1. The summed E-state index contributed by atoms with van der Waals surface area (Å²) >= 11 is 3.37. The summed E-state index contributed by atoms with van der Waals surface area (Å²) in [7, 11) is 0. The van der Waals surface area contributed by atoms with Gasteiger partial charge in [0.2, 0.25) is 0 Å². The summed E-state index contributed by atoms with van der Waals surface area (Å²) in [6, 6.07) is 13.6. The first-order valence-electron chi connectivity index (χ1n) is 6.43. The number of rotatable bonds is 3. The van der Waals surface area contributed by atoms with Crippen LogP contribution >= 0.6 is 15.9 Å². The van der Waals surface area contributed by atoms with Gasteiger partial charge in [0, 0.05) is 9.86 Å². The molecule has 0 aliphatic rings. The summed E-state index contributed by atoms with van der Waals surface area (Å²) in [4.78, 5) is 12.0. The lowest BCUT2D eigenvalue weighted by Crippen LogP contribution is -2.16. The van der Waals surface area contributed by atoms with Crippen molar-refractivity contribution in [3.8, 4) is 5.75 Å². The molecular weight excluding hydrogens is 348 g/mol. The van der Waals surface area contributed by atoms with Crippen LogP contribution in [-0.2, 0) is 0 Å². The SMILES string of the molecule is O=C(N/N=C/c1ccc(O)cc1)c1cc2cc(Br)ccc2o1. The molecule has 1 aromatic heterocycles. The van der Waals surface area contributed by atoms with E-state index in [0.29, 0.717) is 5.58 Å². The largest absolute Gasteiger partial charge is 0.508 e. The van der Waals surface area contributed by atoms with Gasteiger partial charge in [-0.25, -0.2) is 5.43 Å². The maximum atomic E-state index is 12.0. The van der Waals surface area contributed by atoms with Crippen molar-refractivity contribution in [1.29, 1.82) is 0 Å². The van der Waals surface area contributed by atoms with Gasteiger partial charge in [0.15, 0.2) is 5.76 Å². The molecule has 1 heterocycles. The molecule has 2 aromatic carbocycles. The molecule has 3 aromatic rings. The van der Waals surface area contributed by atoms with Crippen LogP contribution in [0.3, 0.4) is 0 Å². The Morgan fingerprint density at radius 1 is 1.18 bits per heavy atom. The molecule has 0 aliphatic carbocycles. The molecule has 22 heavy (non-hydrogen) atoms. The van der Waals surface area contributed by atoms with E-state index in [-0.39, 0.29) is 11.5 Å². The maximum absolute atomic E-state index is 12.0. The van der Waals surface area contributed by atoms with Crippen LogP contribution in [0.15, 0.2) is 62.5 Å². The molecule has 0 spiro atoms. The van der Waals surface area contributed by atoms with Gasteiger partial charge >= 0.3 is 5.91 Å². The van der Waals surface area contributed by atoms with E-state index in [0.717, 1.165) is 15.4 Å². The number of phenols is 1. The van der Waals surface area contributed by atoms with Crippen molar-refractivity contribution >= 4 is 39.0 Å². The molecule has 5 nitrogen and oxygen atoms in total. The second-order valence-electron chi connectivity index (χ2n) is 4.58. The Bertz CT molecular complexity index is 853. The van der Waals surface area contributed by atoms with Crippen molar-refractivity contribution in [2.75, 3.05) is 0 Å². The number of furan rings is 1. The number of fused-ring (bicyclic) bond motifs is 1. The average molecular weight is 359 g/mol. The number of phenolic OH excluding ortho intramolecular Hbond substituents is 1. The molecule has 6 heteroatoms. The summed E-state index contributed by atoms with van der Waals surface area (Å²) in [6.07, 6.45) is 1.48. The van der Waals surface area contributed by atoms with Gasteiger partial charge < -0.3 is 9.52 Å². The monoisotopic (exact) mass is 358 g/mol. The lowest BCUT2D eigenvalue weighted by molar-refractivity contribution is 0.0929. The van der Waals surface area contributed by atoms with Crippen LogP contribution in [0.4, 0.5) is 0 Å². The Morgan fingerprint density at radius 3 is 2.73 bits per heavy atom. The molecule has 1 amide bonds. The fourth-order valence-corrected chi connectivity index (χ4v) is 2.29. The van der Waals surface area contributed by atoms with Crippen LogP contribution in [0.5, 0.6) is 5.75 Å². The quantitative estimate of drug-likeness (QED) is 0.554. The van der Waals surface area contributed by atoms with Gasteiger partial charge in [-0.3, -0.25) is 4.79 Å². The molecule has 0 bridgehead atoms. The number of hydrazone groups is 1. The van der Waals surface area contributed by atoms with Crippen molar-refractivity contribution in [3.63, 3.8) is 0 Å². The summed E-state index contributed by atoms with van der Waals surface area (Å²) in [6.45, 7) is 0. The van der Waals surface area contributed by atoms with E-state index in [1.165, 1.54) is 6.21 Å². The number of hydrogen-bond acceptors (Lipinski definition) is 4. The summed E-state index contributed by atoms with van der Waals surface area (Å²) in [5.74, 6) is -0.0621. The van der Waals surface area contributed by atoms with Crippen molar-refractivity contribution in [2.24, 2.45) is 5.10 Å². The number of amides is 1. The molecule has 0 aliphatic heterocycles. The first-order valence-corrected chi connectivity index (χ1v) is 7.23. The molecule has 0 atom stereocenters. The number of aromatic hydroxyl groups is 1. The van der Waals surface area contributed by atoms with E-state index < -0.39 is 5.91 Å². The number of carbonyl (C=O) groups excluding carboxylic acids is 1. The fourth-order valence-electron chi connectivity index (χ4n) is 1.91. The number of benzene rings is 2. The molecule has 110 valence electrons. The Balaban J connectivity index is 1.71. The van der Waals surface area contributed by atoms with Gasteiger partial charge in [0.25, 0.3) is 0 Å². The lowest BCUT2D eigenvalue weighted by Gasteiger charge is -1.96. The van der Waals surface area contributed by atoms with Gasteiger partial charge in [0.05, 0.1) is 6.21 Å². The zero-order valence-corrected chi connectivity index (χ0v) is 12.9. The second kappa shape index (κ2) is 6.03. The topological polar surface area (TPSA) is 74.8 Å². The minimum atomic E-state index is -0.428. The van der Waals surface area contributed by atoms with E-state index >= 15 is 0 Å². The smallest absolute Gasteiger partial charge is 0.307 e. The second-order valence-corrected chi connectivity index (χ2v) is 5.50. The highest BCUT2D eigenvalue weighted by Crippen LogP contribution is 2.23. The molecule has 0 saturated heterocycles. The van der Waals surface area contributed by atoms with Crippen LogP contribution < -0.4 is 5.43 Å². The molecule has 3 rings (SSSR count). The van der Waals surface area contributed by atoms with Crippen LogP contribution in [0.25, 0.3) is 11.0 Å². The normalized spacial score (nSPS) is 11.1. The Morgan fingerprint density at radius 2 is 1.95 bits per heavy atom. The standard InChI is InChI=1S/C16H11BrN2O3/c17-12-3-6-14-11(7-12)8-15(22-14)16(21)19-18-9-10-1-4-13(20)5-2-10/h1-9,20H,(H,19,21)/b18-9+. The van der Waals surface area contributed by atoms with E-state index in [2.05, 4.69) is 26.5 Å². The molecular formula is C16H11BrN2O3. The van der Waals surface area contributed by atoms with E-state index in [4.69, 9.17) is 4.42 Å². The van der Waals surface area contributed by atoms with E-state index in [1.54, 1.807) is 36.4 Å². The van der Waals surface area contributed by atoms with Crippen LogP contribution in [-0.4, -0.2) is 17.2 Å². The zero-order chi connectivity index (χ0) is 15.5. The summed E-state index contributed by atoms with van der Waals surface area (Å²) in [5, 5.41) is 13.9. The Hall–Kier alpha value is -2.60. The number of nitrogens with zero attached hydrogens (tertiary/aromatic N) is 1. The highest BCUT2D eigenvalue weighted by atomic mass is 79.9. The zero-order valence-electron chi connectivity index (χ0n) is 11.3. The van der Waals surface area contributed by atoms with Crippen molar-refractivity contribution in [1.82, 2.24) is 5.43 Å². The summed E-state index contributed by atoms with van der Waals surface area (Å²) < 4.78 is 6.38. The van der Waals surface area contributed by atoms with Crippen molar-refractivity contribution in [2.45, 2.75) is 0 Å². The Kier molecular flexibility index (Phi) is 3.93. The number of hydrogen-bond donors (Lipinski definition) is 2. The van der Waals surface area contributed by atoms with Crippen LogP contribution in [0, 0.1) is 0 Å². The molecule has 0 unspecified atom stereocenters. The minimum absolute atomic E-state index is 0.176. The first-order chi connectivity index (χ1) is 10.6. The first kappa shape index (κ1) is 14.3. The molecule has 0 radical (unpaired) electrons. The van der Waals surface area contributed by atoms with Crippen molar-refractivity contribution < 1.29 is 14.3 Å². The van der Waals surface area contributed by atoms with Gasteiger partial charge in [-0.05, 0) is 54.1 Å². The number of nitrogens with one attached hydrogen (secondary N) is 1. The van der Waals surface area contributed by atoms with Gasteiger partial charge in [-0.15, -0.1) is 0 Å². The van der Waals surface area contributed by atoms with Gasteiger partial charge in [-0.1, -0.05) is 15.9 Å². The fraction of sp³-hybridized carbons (Fsp3) is 0. The highest BCUT2D eigenvalue weighted by Gasteiger charge is 2.11. The third-order valence-corrected chi connectivity index (χ3v) is 3.47. The van der Waals surface area contributed by atoms with Crippen molar-refractivity contribution in [3.05, 3.63) is 64.3 Å². The highest BCUT2D eigenvalue weighted by molar-refractivity contribution is 9.10. The molecule has 0 fully saturated rings. The van der Waals surface area contributed by atoms with Crippen LogP contribution in [0.1, 0.15) is 16.1 Å². The van der Waals surface area contributed by atoms with Gasteiger partial charge in [0.1, 0.15) is 11.3 Å². The maximum Gasteiger partial charge on any atom is 0.307 e. The lowest BCUT2D eigenvalue weighted by atomic mass is 10.2. The van der Waals surface area contributed by atoms with Crippen LogP contribution in [0.2, 0.25) is 0 Å². The Labute approximate surface area is 134 Å². The summed E-state index contributed by atoms with van der Waals surface area (Å²) in [5.41, 5.74) is 3.79. The van der Waals surface area contributed by atoms with E-state index in [1.807, 2.05) is 12.1 Å². The van der Waals surface area contributed by atoms with E-state index in [9.17, 15) is 9.90 Å².